The number of rotatable bonds is 14. The van der Waals surface area contributed by atoms with Gasteiger partial charge in [-0.05, 0) is 85.8 Å². The molecule has 4 aliphatic rings. The minimum Gasteiger partial charge on any atom is -0.455 e. The molecular weight excluding hydrogens is 783 g/mol. The van der Waals surface area contributed by atoms with Gasteiger partial charge in [-0.25, -0.2) is 18.4 Å². The van der Waals surface area contributed by atoms with E-state index < -0.39 is 23.1 Å². The van der Waals surface area contributed by atoms with Crippen LogP contribution < -0.4 is 10.6 Å². The van der Waals surface area contributed by atoms with Gasteiger partial charge >= 0.3 is 11.9 Å². The van der Waals surface area contributed by atoms with E-state index in [9.17, 15) is 9.59 Å². The van der Waals surface area contributed by atoms with Gasteiger partial charge in [0, 0.05) is 101 Å². The third-order valence-electron chi connectivity index (χ3n) is 13.9. The maximum atomic E-state index is 15.1. The van der Waals surface area contributed by atoms with Crippen LogP contribution in [0.5, 0.6) is 0 Å². The van der Waals surface area contributed by atoms with Crippen LogP contribution in [0.15, 0.2) is 109 Å². The Morgan fingerprint density at radius 1 is 0.548 bits per heavy atom. The number of carbonyl (C=O) groups is 2. The van der Waals surface area contributed by atoms with Crippen LogP contribution in [-0.2, 0) is 19.1 Å². The van der Waals surface area contributed by atoms with E-state index in [1.807, 2.05) is 36.4 Å². The monoisotopic (exact) mass is 844 g/mol. The zero-order valence-corrected chi connectivity index (χ0v) is 36.0. The van der Waals surface area contributed by atoms with E-state index in [2.05, 4.69) is 44.7 Å². The van der Waals surface area contributed by atoms with Crippen molar-refractivity contribution in [1.29, 1.82) is 0 Å². The average Bonchev–Trinajstić information content (AvgIpc) is 3.31. The Hall–Kier alpha value is -4.74. The van der Waals surface area contributed by atoms with Gasteiger partial charge in [0.15, 0.2) is 0 Å². The first-order valence-electron chi connectivity index (χ1n) is 23.0. The van der Waals surface area contributed by atoms with Gasteiger partial charge in [-0.3, -0.25) is 0 Å². The SMILES string of the molecule is O=C(/C=C\C(=O)OC1(C(CN2CCNCC2)c2cccc(-c3ccccc3F)c2)CCCCC1)OC1(C(CN2CCNCC2)c2cccc(-c3ccccc3F)c2)CCCCC1. The van der Waals surface area contributed by atoms with Crippen molar-refractivity contribution < 1.29 is 27.8 Å². The summed E-state index contributed by atoms with van der Waals surface area (Å²) in [6, 6.07) is 29.8. The van der Waals surface area contributed by atoms with Crippen molar-refractivity contribution in [3.05, 3.63) is 132 Å². The van der Waals surface area contributed by atoms with Gasteiger partial charge in [0.2, 0.25) is 0 Å². The summed E-state index contributed by atoms with van der Waals surface area (Å²) in [5.74, 6) is -2.03. The molecule has 2 unspecified atom stereocenters. The van der Waals surface area contributed by atoms with Gasteiger partial charge < -0.3 is 29.9 Å². The topological polar surface area (TPSA) is 83.1 Å². The van der Waals surface area contributed by atoms with Crippen molar-refractivity contribution >= 4 is 11.9 Å². The van der Waals surface area contributed by atoms with E-state index in [-0.39, 0.29) is 23.5 Å². The molecule has 4 fully saturated rings. The predicted molar refractivity (Wildman–Crippen MR) is 241 cm³/mol. The van der Waals surface area contributed by atoms with Crippen molar-refractivity contribution in [2.75, 3.05) is 65.4 Å². The first-order chi connectivity index (χ1) is 30.3. The second-order valence-corrected chi connectivity index (χ2v) is 17.8. The van der Waals surface area contributed by atoms with Crippen molar-refractivity contribution in [3.63, 3.8) is 0 Å². The Kier molecular flexibility index (Phi) is 14.6. The second-order valence-electron chi connectivity index (χ2n) is 17.8. The molecule has 10 heteroatoms. The van der Waals surface area contributed by atoms with E-state index in [0.717, 1.165) is 113 Å². The standard InChI is InChI=1S/C52H62F2N4O4/c53-47-19-5-3-17-43(47)39-13-11-15-41(35-39)45(37-57-31-27-55-28-32-57)51(23-7-1-8-24-51)61-49(59)21-22-50(60)62-52(25-9-2-10-26-52)46(38-58-33-29-56-30-34-58)42-16-12-14-40(36-42)44-18-4-6-20-48(44)54/h3-6,11-22,35-36,45-46,55-56H,1-2,7-10,23-34,37-38H2/b22-21-. The smallest absolute Gasteiger partial charge is 0.331 e. The quantitative estimate of drug-likeness (QED) is 0.0963. The number of benzene rings is 4. The van der Waals surface area contributed by atoms with E-state index in [1.165, 1.54) is 24.3 Å². The lowest BCUT2D eigenvalue weighted by Gasteiger charge is -2.45. The van der Waals surface area contributed by atoms with Gasteiger partial charge in [0.05, 0.1) is 0 Å². The lowest BCUT2D eigenvalue weighted by atomic mass is 9.71. The van der Waals surface area contributed by atoms with Crippen LogP contribution in [0.3, 0.4) is 0 Å². The van der Waals surface area contributed by atoms with Gasteiger partial charge in [-0.15, -0.1) is 0 Å². The van der Waals surface area contributed by atoms with E-state index in [0.29, 0.717) is 49.9 Å². The van der Waals surface area contributed by atoms with Gasteiger partial charge in [0.1, 0.15) is 22.8 Å². The molecule has 0 bridgehead atoms. The number of halogens is 2. The summed E-state index contributed by atoms with van der Waals surface area (Å²) in [5.41, 5.74) is 3.04. The highest BCUT2D eigenvalue weighted by Crippen LogP contribution is 2.46. The summed E-state index contributed by atoms with van der Waals surface area (Å²) in [5, 5.41) is 6.90. The van der Waals surface area contributed by atoms with Gasteiger partial charge in [-0.1, -0.05) is 97.8 Å². The molecule has 0 radical (unpaired) electrons. The summed E-state index contributed by atoms with van der Waals surface area (Å²) in [6.45, 7) is 8.43. The average molecular weight is 845 g/mol. The zero-order chi connectivity index (χ0) is 42.8. The summed E-state index contributed by atoms with van der Waals surface area (Å²) in [7, 11) is 0. The van der Waals surface area contributed by atoms with E-state index in [1.54, 1.807) is 24.3 Å². The molecule has 2 heterocycles. The molecule has 4 aromatic rings. The molecular formula is C52H62F2N4O4. The van der Waals surface area contributed by atoms with Crippen molar-refractivity contribution in [3.8, 4) is 22.3 Å². The summed E-state index contributed by atoms with van der Waals surface area (Å²) < 4.78 is 43.5. The molecule has 0 amide bonds. The summed E-state index contributed by atoms with van der Waals surface area (Å²) in [6.07, 6.45) is 11.1. The number of carbonyl (C=O) groups excluding carboxylic acids is 2. The fourth-order valence-electron chi connectivity index (χ4n) is 10.6. The fraction of sp³-hybridized carbons (Fsp3) is 0.462. The van der Waals surface area contributed by atoms with Crippen LogP contribution in [-0.4, -0.2) is 98.4 Å². The minimum absolute atomic E-state index is 0.173. The van der Waals surface area contributed by atoms with Crippen molar-refractivity contribution in [1.82, 2.24) is 20.4 Å². The Labute approximate surface area is 366 Å². The highest BCUT2D eigenvalue weighted by molar-refractivity contribution is 5.92. The van der Waals surface area contributed by atoms with Crippen molar-refractivity contribution in [2.45, 2.75) is 87.2 Å². The predicted octanol–water partition coefficient (Wildman–Crippen LogP) is 9.03. The number of hydrogen-bond donors (Lipinski definition) is 2. The Morgan fingerprint density at radius 3 is 1.32 bits per heavy atom. The lowest BCUT2D eigenvalue weighted by Crippen LogP contribution is -2.51. The molecule has 0 aromatic heterocycles. The van der Waals surface area contributed by atoms with E-state index >= 15 is 8.78 Å². The number of nitrogens with zero attached hydrogens (tertiary/aromatic N) is 2. The minimum atomic E-state index is -0.815. The molecule has 0 spiro atoms. The highest BCUT2D eigenvalue weighted by Gasteiger charge is 2.46. The molecule has 4 aromatic carbocycles. The van der Waals surface area contributed by atoms with Crippen molar-refractivity contribution in [2.24, 2.45) is 0 Å². The fourth-order valence-corrected chi connectivity index (χ4v) is 10.6. The zero-order valence-electron chi connectivity index (χ0n) is 36.0. The second kappa shape index (κ2) is 20.6. The Morgan fingerprint density at radius 2 is 0.935 bits per heavy atom. The molecule has 2 saturated carbocycles. The molecule has 2 aliphatic carbocycles. The molecule has 2 aliphatic heterocycles. The molecule has 8 nitrogen and oxygen atoms in total. The largest absolute Gasteiger partial charge is 0.455 e. The Balaban J connectivity index is 1.06. The number of nitrogens with one attached hydrogen (secondary N) is 2. The van der Waals surface area contributed by atoms with Crippen LogP contribution in [0, 0.1) is 11.6 Å². The maximum absolute atomic E-state index is 15.1. The summed E-state index contributed by atoms with van der Waals surface area (Å²) in [4.78, 5) is 33.1. The van der Waals surface area contributed by atoms with Gasteiger partial charge in [0.25, 0.3) is 0 Å². The van der Waals surface area contributed by atoms with Crippen LogP contribution in [0.25, 0.3) is 22.3 Å². The summed E-state index contributed by atoms with van der Waals surface area (Å²) >= 11 is 0. The first-order valence-corrected chi connectivity index (χ1v) is 23.0. The Bertz CT molecular complexity index is 2000. The molecule has 8 rings (SSSR count). The molecule has 62 heavy (non-hydrogen) atoms. The van der Waals surface area contributed by atoms with Crippen LogP contribution in [0.4, 0.5) is 8.78 Å². The third kappa shape index (κ3) is 10.5. The normalized spacial score (nSPS) is 20.6. The number of ether oxygens (including phenoxy) is 2. The van der Waals surface area contributed by atoms with Crippen LogP contribution in [0.2, 0.25) is 0 Å². The number of esters is 2. The van der Waals surface area contributed by atoms with Crippen LogP contribution >= 0.6 is 0 Å². The molecule has 2 atom stereocenters. The third-order valence-corrected chi connectivity index (χ3v) is 13.9. The highest BCUT2D eigenvalue weighted by atomic mass is 19.1. The van der Waals surface area contributed by atoms with Gasteiger partial charge in [-0.2, -0.15) is 0 Å². The van der Waals surface area contributed by atoms with Crippen LogP contribution in [0.1, 0.15) is 87.2 Å². The lowest BCUT2D eigenvalue weighted by molar-refractivity contribution is -0.164. The maximum Gasteiger partial charge on any atom is 0.331 e. The molecule has 2 N–H and O–H groups in total. The first kappa shape index (κ1) is 43.9. The van der Waals surface area contributed by atoms with E-state index in [4.69, 9.17) is 9.47 Å². The number of piperazine rings is 2. The number of hydrogen-bond acceptors (Lipinski definition) is 8. The molecule has 2 saturated heterocycles. The molecule has 328 valence electrons.